The Bertz CT molecular complexity index is 746. The van der Waals surface area contributed by atoms with Gasteiger partial charge in [-0.2, -0.15) is 0 Å². The molecule has 0 spiro atoms. The van der Waals surface area contributed by atoms with Gasteiger partial charge in [-0.3, -0.25) is 9.59 Å². The lowest BCUT2D eigenvalue weighted by atomic mass is 9.95. The number of carbonyl (C=O) groups is 2. The van der Waals surface area contributed by atoms with Crippen LogP contribution >= 0.6 is 11.6 Å². The fraction of sp³-hybridized carbons (Fsp3) is 0. The SMILES string of the molecule is NC(=O)c1c(F)cc(-c2ccc(Cl)cc2)c(C(N)=O)c1F. The van der Waals surface area contributed by atoms with Crippen LogP contribution in [0.15, 0.2) is 30.3 Å². The number of nitrogens with two attached hydrogens (primary N) is 2. The number of primary amides is 2. The van der Waals surface area contributed by atoms with Crippen LogP contribution in [-0.4, -0.2) is 11.8 Å². The molecule has 0 aliphatic carbocycles. The van der Waals surface area contributed by atoms with Crippen LogP contribution in [0.1, 0.15) is 20.7 Å². The van der Waals surface area contributed by atoms with Crippen LogP contribution in [-0.2, 0) is 0 Å². The number of rotatable bonds is 3. The molecule has 0 aliphatic rings. The highest BCUT2D eigenvalue weighted by atomic mass is 35.5. The van der Waals surface area contributed by atoms with Gasteiger partial charge in [0, 0.05) is 10.6 Å². The maximum absolute atomic E-state index is 14.2. The Morgan fingerprint density at radius 3 is 1.95 bits per heavy atom. The van der Waals surface area contributed by atoms with Crippen molar-refractivity contribution in [3.63, 3.8) is 0 Å². The minimum Gasteiger partial charge on any atom is -0.365 e. The summed E-state index contributed by atoms with van der Waals surface area (Å²) in [6.45, 7) is 0. The summed E-state index contributed by atoms with van der Waals surface area (Å²) in [7, 11) is 0. The Morgan fingerprint density at radius 1 is 0.952 bits per heavy atom. The minimum absolute atomic E-state index is 0.0841. The fourth-order valence-corrected chi connectivity index (χ4v) is 2.07. The zero-order valence-electron chi connectivity index (χ0n) is 10.5. The van der Waals surface area contributed by atoms with Crippen LogP contribution in [0, 0.1) is 11.6 Å². The lowest BCUT2D eigenvalue weighted by Gasteiger charge is -2.11. The van der Waals surface area contributed by atoms with E-state index in [0.29, 0.717) is 10.6 Å². The average molecular weight is 311 g/mol. The molecule has 21 heavy (non-hydrogen) atoms. The van der Waals surface area contributed by atoms with Gasteiger partial charge in [-0.1, -0.05) is 23.7 Å². The summed E-state index contributed by atoms with van der Waals surface area (Å²) in [6.07, 6.45) is 0. The molecule has 2 rings (SSSR count). The molecule has 0 saturated heterocycles. The Morgan fingerprint density at radius 2 is 1.48 bits per heavy atom. The van der Waals surface area contributed by atoms with Crippen molar-refractivity contribution in [1.82, 2.24) is 0 Å². The molecule has 4 N–H and O–H groups in total. The molecule has 7 heteroatoms. The smallest absolute Gasteiger partial charge is 0.254 e. The average Bonchev–Trinajstić information content (AvgIpc) is 2.37. The van der Waals surface area contributed by atoms with E-state index in [1.807, 2.05) is 0 Å². The fourth-order valence-electron chi connectivity index (χ4n) is 1.94. The first-order valence-corrected chi connectivity index (χ1v) is 6.08. The van der Waals surface area contributed by atoms with Gasteiger partial charge in [0.15, 0.2) is 5.82 Å². The molecular weight excluding hydrogens is 302 g/mol. The predicted molar refractivity (Wildman–Crippen MR) is 73.8 cm³/mol. The highest BCUT2D eigenvalue weighted by molar-refractivity contribution is 6.30. The number of carbonyl (C=O) groups excluding carboxylic acids is 2. The summed E-state index contributed by atoms with van der Waals surface area (Å²) in [5.41, 5.74) is 8.66. The summed E-state index contributed by atoms with van der Waals surface area (Å²) in [5.74, 6) is -5.01. The highest BCUT2D eigenvalue weighted by Gasteiger charge is 2.25. The normalized spacial score (nSPS) is 10.4. The second kappa shape index (κ2) is 5.49. The van der Waals surface area contributed by atoms with Crippen LogP contribution in [0.25, 0.3) is 11.1 Å². The van der Waals surface area contributed by atoms with E-state index in [0.717, 1.165) is 6.07 Å². The lowest BCUT2D eigenvalue weighted by Crippen LogP contribution is -2.22. The van der Waals surface area contributed by atoms with Gasteiger partial charge in [0.05, 0.1) is 5.56 Å². The lowest BCUT2D eigenvalue weighted by molar-refractivity contribution is 0.0991. The van der Waals surface area contributed by atoms with Gasteiger partial charge in [0.2, 0.25) is 0 Å². The van der Waals surface area contributed by atoms with Crippen molar-refractivity contribution >= 4 is 23.4 Å². The van der Waals surface area contributed by atoms with Crippen molar-refractivity contribution in [2.75, 3.05) is 0 Å². The highest BCUT2D eigenvalue weighted by Crippen LogP contribution is 2.30. The third kappa shape index (κ3) is 2.71. The van der Waals surface area contributed by atoms with Gasteiger partial charge in [-0.05, 0) is 23.8 Å². The van der Waals surface area contributed by atoms with Crippen molar-refractivity contribution < 1.29 is 18.4 Å². The number of hydrogen-bond acceptors (Lipinski definition) is 2. The molecular formula is C14H9ClF2N2O2. The summed E-state index contributed by atoms with van der Waals surface area (Å²) in [6, 6.07) is 6.74. The number of hydrogen-bond donors (Lipinski definition) is 2. The standard InChI is InChI=1S/C14H9ClF2N2O2/c15-7-3-1-6(2-4-7)8-5-9(16)11(14(19)21)12(17)10(8)13(18)20/h1-5H,(H2,18,20)(H2,19,21). The van der Waals surface area contributed by atoms with Crippen molar-refractivity contribution in [3.05, 3.63) is 58.1 Å². The second-order valence-electron chi connectivity index (χ2n) is 4.21. The molecule has 0 heterocycles. The number of amides is 2. The zero-order chi connectivity index (χ0) is 15.7. The van der Waals surface area contributed by atoms with Gasteiger partial charge in [-0.15, -0.1) is 0 Å². The first-order chi connectivity index (χ1) is 9.82. The summed E-state index contributed by atoms with van der Waals surface area (Å²) >= 11 is 5.73. The molecule has 0 radical (unpaired) electrons. The second-order valence-corrected chi connectivity index (χ2v) is 4.64. The molecule has 0 saturated carbocycles. The summed E-state index contributed by atoms with van der Waals surface area (Å²) in [5, 5.41) is 0.411. The van der Waals surface area contributed by atoms with Crippen molar-refractivity contribution in [3.8, 4) is 11.1 Å². The maximum atomic E-state index is 14.2. The number of benzene rings is 2. The van der Waals surface area contributed by atoms with Gasteiger partial charge in [-0.25, -0.2) is 8.78 Å². The first kappa shape index (κ1) is 14.9. The topological polar surface area (TPSA) is 86.2 Å². The Balaban J connectivity index is 2.80. The van der Waals surface area contributed by atoms with E-state index < -0.39 is 34.6 Å². The molecule has 2 amide bonds. The van der Waals surface area contributed by atoms with Crippen molar-refractivity contribution in [1.29, 1.82) is 0 Å². The molecule has 0 unspecified atom stereocenters. The molecule has 2 aromatic rings. The molecule has 0 aromatic heterocycles. The van der Waals surface area contributed by atoms with E-state index in [1.54, 1.807) is 0 Å². The van der Waals surface area contributed by atoms with E-state index in [2.05, 4.69) is 0 Å². The minimum atomic E-state index is -1.38. The van der Waals surface area contributed by atoms with Gasteiger partial charge >= 0.3 is 0 Å². The van der Waals surface area contributed by atoms with Crippen molar-refractivity contribution in [2.24, 2.45) is 11.5 Å². The summed E-state index contributed by atoms with van der Waals surface area (Å²) < 4.78 is 28.0. The molecule has 0 bridgehead atoms. The quantitative estimate of drug-likeness (QED) is 0.912. The largest absolute Gasteiger partial charge is 0.365 e. The molecule has 4 nitrogen and oxygen atoms in total. The van der Waals surface area contributed by atoms with Crippen LogP contribution in [0.4, 0.5) is 8.78 Å². The van der Waals surface area contributed by atoms with Crippen LogP contribution < -0.4 is 11.5 Å². The third-order valence-electron chi connectivity index (χ3n) is 2.87. The van der Waals surface area contributed by atoms with E-state index in [-0.39, 0.29) is 5.56 Å². The summed E-state index contributed by atoms with van der Waals surface area (Å²) in [4.78, 5) is 22.5. The van der Waals surface area contributed by atoms with Crippen LogP contribution in [0.5, 0.6) is 0 Å². The third-order valence-corrected chi connectivity index (χ3v) is 3.12. The molecule has 2 aromatic carbocycles. The zero-order valence-corrected chi connectivity index (χ0v) is 11.2. The van der Waals surface area contributed by atoms with Crippen LogP contribution in [0.2, 0.25) is 5.02 Å². The van der Waals surface area contributed by atoms with Gasteiger partial charge in [0.1, 0.15) is 11.4 Å². The monoisotopic (exact) mass is 310 g/mol. The van der Waals surface area contributed by atoms with E-state index >= 15 is 0 Å². The molecule has 0 fully saturated rings. The molecule has 0 atom stereocenters. The van der Waals surface area contributed by atoms with Gasteiger partial charge in [0.25, 0.3) is 11.8 Å². The molecule has 108 valence electrons. The van der Waals surface area contributed by atoms with Crippen LogP contribution in [0.3, 0.4) is 0 Å². The molecule has 0 aliphatic heterocycles. The Labute approximate surface area is 123 Å². The van der Waals surface area contributed by atoms with E-state index in [9.17, 15) is 18.4 Å². The van der Waals surface area contributed by atoms with Crippen molar-refractivity contribution in [2.45, 2.75) is 0 Å². The first-order valence-electron chi connectivity index (χ1n) is 5.70. The maximum Gasteiger partial charge on any atom is 0.254 e. The van der Waals surface area contributed by atoms with E-state index in [4.69, 9.17) is 23.1 Å². The number of halogens is 3. The van der Waals surface area contributed by atoms with E-state index in [1.165, 1.54) is 24.3 Å². The Hall–Kier alpha value is -2.47. The predicted octanol–water partition coefficient (Wildman–Crippen LogP) is 2.48. The van der Waals surface area contributed by atoms with Gasteiger partial charge < -0.3 is 11.5 Å². The Kier molecular flexibility index (Phi) is 3.90.